The number of aryl methyl sites for hydroxylation is 1. The Labute approximate surface area is 218 Å². The van der Waals surface area contributed by atoms with Crippen LogP contribution in [0.5, 0.6) is 0 Å². The maximum absolute atomic E-state index is 13.1. The lowest BCUT2D eigenvalue weighted by atomic mass is 9.99. The molecule has 37 heavy (non-hydrogen) atoms. The van der Waals surface area contributed by atoms with Crippen molar-refractivity contribution in [1.82, 2.24) is 15.4 Å². The zero-order valence-electron chi connectivity index (χ0n) is 21.8. The minimum absolute atomic E-state index is 0.0373. The Hall–Kier alpha value is -3.66. The van der Waals surface area contributed by atoms with Gasteiger partial charge in [0.05, 0.1) is 10.6 Å². The number of nitrogens with one attached hydrogen (secondary N) is 2. The molecule has 3 rings (SSSR count). The Morgan fingerprint density at radius 3 is 2.32 bits per heavy atom. The second-order valence-corrected chi connectivity index (χ2v) is 10.9. The first-order chi connectivity index (χ1) is 17.6. The Morgan fingerprint density at radius 2 is 1.76 bits per heavy atom. The van der Waals surface area contributed by atoms with Crippen LogP contribution in [0.1, 0.15) is 44.9 Å². The predicted octanol–water partition coefficient (Wildman–Crippen LogP) is 4.35. The third-order valence-corrected chi connectivity index (χ3v) is 7.33. The standard InChI is InChI=1S/C27H34N4O5S/c1-6-9-25(32)31(26(18(2)3)27(33)28-5)17-20-12-14-21(15-13-20)22-10-7-8-11-23(22)37(34,35)30-24-16-19(4)29-36-24/h7-8,10-16,18,26,30H,6,9,17H2,1-5H3,(H,28,33). The van der Waals surface area contributed by atoms with E-state index in [0.29, 0.717) is 29.7 Å². The number of amides is 2. The molecule has 0 saturated heterocycles. The van der Waals surface area contributed by atoms with Gasteiger partial charge >= 0.3 is 0 Å². The van der Waals surface area contributed by atoms with E-state index in [0.717, 1.165) is 5.56 Å². The number of rotatable bonds is 11. The van der Waals surface area contributed by atoms with E-state index in [1.165, 1.54) is 12.1 Å². The monoisotopic (exact) mass is 526 g/mol. The number of hydrogen-bond donors (Lipinski definition) is 2. The van der Waals surface area contributed by atoms with E-state index < -0.39 is 16.1 Å². The molecule has 2 N–H and O–H groups in total. The van der Waals surface area contributed by atoms with Gasteiger partial charge < -0.3 is 14.7 Å². The molecule has 1 heterocycles. The van der Waals surface area contributed by atoms with Crippen molar-refractivity contribution < 1.29 is 22.5 Å². The molecule has 0 fully saturated rings. The molecule has 3 aromatic rings. The summed E-state index contributed by atoms with van der Waals surface area (Å²) in [6.07, 6.45) is 1.03. The first-order valence-corrected chi connectivity index (χ1v) is 13.7. The van der Waals surface area contributed by atoms with Crippen molar-refractivity contribution >= 4 is 27.7 Å². The van der Waals surface area contributed by atoms with Gasteiger partial charge in [-0.3, -0.25) is 9.59 Å². The molecule has 2 amide bonds. The van der Waals surface area contributed by atoms with E-state index in [2.05, 4.69) is 15.2 Å². The largest absolute Gasteiger partial charge is 0.357 e. The maximum Gasteiger partial charge on any atom is 0.264 e. The van der Waals surface area contributed by atoms with Gasteiger partial charge in [-0.1, -0.05) is 68.4 Å². The van der Waals surface area contributed by atoms with Gasteiger partial charge in [-0.25, -0.2) is 13.1 Å². The van der Waals surface area contributed by atoms with Crippen LogP contribution in [-0.4, -0.2) is 43.4 Å². The molecule has 0 aliphatic heterocycles. The first-order valence-electron chi connectivity index (χ1n) is 12.2. The second-order valence-electron chi connectivity index (χ2n) is 9.21. The Kier molecular flexibility index (Phi) is 9.09. The summed E-state index contributed by atoms with van der Waals surface area (Å²) in [4.78, 5) is 27.3. The lowest BCUT2D eigenvalue weighted by Crippen LogP contribution is -2.51. The fourth-order valence-electron chi connectivity index (χ4n) is 4.18. The van der Waals surface area contributed by atoms with E-state index in [1.807, 2.05) is 45.0 Å². The molecular weight excluding hydrogens is 492 g/mol. The van der Waals surface area contributed by atoms with Gasteiger partial charge in [-0.2, -0.15) is 0 Å². The number of sulfonamides is 1. The predicted molar refractivity (Wildman–Crippen MR) is 142 cm³/mol. The van der Waals surface area contributed by atoms with Crippen LogP contribution in [0.25, 0.3) is 11.1 Å². The fourth-order valence-corrected chi connectivity index (χ4v) is 5.38. The average Bonchev–Trinajstić information content (AvgIpc) is 3.27. The van der Waals surface area contributed by atoms with Crippen molar-refractivity contribution in [3.63, 3.8) is 0 Å². The van der Waals surface area contributed by atoms with Crippen LogP contribution in [0.2, 0.25) is 0 Å². The van der Waals surface area contributed by atoms with Crippen LogP contribution in [-0.2, 0) is 26.2 Å². The molecule has 0 bridgehead atoms. The lowest BCUT2D eigenvalue weighted by Gasteiger charge is -2.33. The molecule has 10 heteroatoms. The second kappa shape index (κ2) is 12.1. The molecular formula is C27H34N4O5S. The number of anilines is 1. The van der Waals surface area contributed by atoms with E-state index >= 15 is 0 Å². The van der Waals surface area contributed by atoms with Gasteiger partial charge in [-0.05, 0) is 36.5 Å². The van der Waals surface area contributed by atoms with Crippen LogP contribution >= 0.6 is 0 Å². The highest BCUT2D eigenvalue weighted by atomic mass is 32.2. The minimum Gasteiger partial charge on any atom is -0.357 e. The molecule has 1 atom stereocenters. The van der Waals surface area contributed by atoms with Crippen molar-refractivity contribution in [3.8, 4) is 11.1 Å². The summed E-state index contributed by atoms with van der Waals surface area (Å²) in [6.45, 7) is 7.73. The van der Waals surface area contributed by atoms with Crippen molar-refractivity contribution in [3.05, 3.63) is 65.9 Å². The van der Waals surface area contributed by atoms with E-state index in [4.69, 9.17) is 4.52 Å². The van der Waals surface area contributed by atoms with Crippen LogP contribution in [0.4, 0.5) is 5.88 Å². The maximum atomic E-state index is 13.1. The molecule has 1 unspecified atom stereocenters. The van der Waals surface area contributed by atoms with Gasteiger partial charge in [0.2, 0.25) is 17.7 Å². The number of likely N-dealkylation sites (N-methyl/N-ethyl adjacent to an activating group) is 1. The van der Waals surface area contributed by atoms with Crippen molar-refractivity contribution in [2.75, 3.05) is 11.8 Å². The van der Waals surface area contributed by atoms with E-state index in [1.54, 1.807) is 37.1 Å². The minimum atomic E-state index is -3.94. The van der Waals surface area contributed by atoms with E-state index in [9.17, 15) is 18.0 Å². The molecule has 9 nitrogen and oxygen atoms in total. The summed E-state index contributed by atoms with van der Waals surface area (Å²) in [7, 11) is -2.37. The average molecular weight is 527 g/mol. The van der Waals surface area contributed by atoms with Crippen LogP contribution < -0.4 is 10.0 Å². The van der Waals surface area contributed by atoms with E-state index in [-0.39, 0.29) is 35.1 Å². The molecule has 0 aliphatic rings. The normalized spacial score (nSPS) is 12.3. The van der Waals surface area contributed by atoms with Crippen molar-refractivity contribution in [2.24, 2.45) is 5.92 Å². The summed E-state index contributed by atoms with van der Waals surface area (Å²) in [5.41, 5.74) is 2.60. The lowest BCUT2D eigenvalue weighted by molar-refractivity contribution is -0.142. The highest BCUT2D eigenvalue weighted by Crippen LogP contribution is 2.29. The Morgan fingerprint density at radius 1 is 1.08 bits per heavy atom. The highest BCUT2D eigenvalue weighted by Gasteiger charge is 2.31. The van der Waals surface area contributed by atoms with Crippen LogP contribution in [0, 0.1) is 12.8 Å². The molecule has 0 spiro atoms. The molecule has 0 aliphatic carbocycles. The van der Waals surface area contributed by atoms with Crippen LogP contribution in [0.15, 0.2) is 64.0 Å². The molecule has 198 valence electrons. The van der Waals surface area contributed by atoms with Gasteiger partial charge in [0.1, 0.15) is 6.04 Å². The number of hydrogen-bond acceptors (Lipinski definition) is 6. The summed E-state index contributed by atoms with van der Waals surface area (Å²) < 4.78 is 33.7. The third kappa shape index (κ3) is 6.76. The summed E-state index contributed by atoms with van der Waals surface area (Å²) >= 11 is 0. The zero-order valence-corrected chi connectivity index (χ0v) is 22.6. The Bertz CT molecular complexity index is 1330. The number of nitrogens with zero attached hydrogens (tertiary/aromatic N) is 2. The smallest absolute Gasteiger partial charge is 0.264 e. The highest BCUT2D eigenvalue weighted by molar-refractivity contribution is 7.92. The molecule has 1 aromatic heterocycles. The topological polar surface area (TPSA) is 122 Å². The van der Waals surface area contributed by atoms with Crippen LogP contribution in [0.3, 0.4) is 0 Å². The van der Waals surface area contributed by atoms with Gasteiger partial charge in [0, 0.05) is 31.6 Å². The third-order valence-electron chi connectivity index (χ3n) is 5.92. The first kappa shape index (κ1) is 27.9. The number of aromatic nitrogens is 1. The fraction of sp³-hybridized carbons (Fsp3) is 0.370. The zero-order chi connectivity index (χ0) is 27.2. The van der Waals surface area contributed by atoms with Crippen molar-refractivity contribution in [2.45, 2.75) is 58.0 Å². The molecule has 0 radical (unpaired) electrons. The number of carbonyl (C=O) groups excluding carboxylic acids is 2. The number of carbonyl (C=O) groups is 2. The van der Waals surface area contributed by atoms with Gasteiger partial charge in [0.15, 0.2) is 0 Å². The van der Waals surface area contributed by atoms with Gasteiger partial charge in [0.25, 0.3) is 10.0 Å². The summed E-state index contributed by atoms with van der Waals surface area (Å²) in [5, 5.41) is 6.39. The van der Waals surface area contributed by atoms with Crippen molar-refractivity contribution in [1.29, 1.82) is 0 Å². The van der Waals surface area contributed by atoms with Gasteiger partial charge in [-0.15, -0.1) is 0 Å². The quantitative estimate of drug-likeness (QED) is 0.383. The summed E-state index contributed by atoms with van der Waals surface area (Å²) in [5.74, 6) is -0.322. The molecule has 2 aromatic carbocycles. The Balaban J connectivity index is 1.91. The SMILES string of the molecule is CCCC(=O)N(Cc1ccc(-c2ccccc2S(=O)(=O)Nc2cc(C)no2)cc1)C(C(=O)NC)C(C)C. The molecule has 0 saturated carbocycles. The number of benzene rings is 2. The summed E-state index contributed by atoms with van der Waals surface area (Å²) in [6, 6.07) is 14.9.